The molecule has 1 amide bonds. The normalized spacial score (nSPS) is 13.3. The number of hydrogen-bond donors (Lipinski definition) is 4. The van der Waals surface area contributed by atoms with Gasteiger partial charge in [0, 0.05) is 6.42 Å². The SMILES string of the molecule is CCCCCCCCCCCC/C=C/CCCC(O)C(O)C(CO)NC(=O)CCCCCCCCCCCCCCCCCCCCCCCCCCCCCCCCCC. The predicted molar refractivity (Wildman–Crippen MR) is 269 cm³/mol. The van der Waals surface area contributed by atoms with E-state index in [0.29, 0.717) is 12.8 Å². The Morgan fingerprint density at radius 3 is 0.951 bits per heavy atom. The van der Waals surface area contributed by atoms with E-state index in [2.05, 4.69) is 31.3 Å². The van der Waals surface area contributed by atoms with Crippen molar-refractivity contribution in [1.82, 2.24) is 5.32 Å². The zero-order valence-corrected chi connectivity index (χ0v) is 41.6. The fourth-order valence-corrected chi connectivity index (χ4v) is 9.05. The topological polar surface area (TPSA) is 89.8 Å². The fraction of sp³-hybridized carbons (Fsp3) is 0.946. The Labute approximate surface area is 382 Å². The maximum Gasteiger partial charge on any atom is 0.220 e. The zero-order valence-electron chi connectivity index (χ0n) is 41.6. The molecule has 0 aromatic carbocycles. The smallest absolute Gasteiger partial charge is 0.220 e. The molecule has 0 aliphatic carbocycles. The van der Waals surface area contributed by atoms with Crippen molar-refractivity contribution in [3.8, 4) is 0 Å². The Morgan fingerprint density at radius 2 is 0.656 bits per heavy atom. The lowest BCUT2D eigenvalue weighted by molar-refractivity contribution is -0.124. The van der Waals surface area contributed by atoms with Crippen LogP contribution in [-0.4, -0.2) is 46.1 Å². The highest BCUT2D eigenvalue weighted by Gasteiger charge is 2.26. The van der Waals surface area contributed by atoms with E-state index in [-0.39, 0.29) is 12.5 Å². The molecule has 0 saturated heterocycles. The molecule has 364 valence electrons. The minimum absolute atomic E-state index is 0.147. The molecule has 5 nitrogen and oxygen atoms in total. The van der Waals surface area contributed by atoms with E-state index in [4.69, 9.17) is 0 Å². The number of nitrogens with one attached hydrogen (secondary N) is 1. The van der Waals surface area contributed by atoms with Crippen molar-refractivity contribution in [3.63, 3.8) is 0 Å². The quantitative estimate of drug-likeness (QED) is 0.0362. The van der Waals surface area contributed by atoms with Crippen molar-refractivity contribution < 1.29 is 20.1 Å². The van der Waals surface area contributed by atoms with Crippen molar-refractivity contribution in [2.75, 3.05) is 6.61 Å². The van der Waals surface area contributed by atoms with Crippen LogP contribution < -0.4 is 5.32 Å². The molecule has 0 heterocycles. The lowest BCUT2D eigenvalue weighted by Crippen LogP contribution is -2.50. The minimum atomic E-state index is -1.15. The van der Waals surface area contributed by atoms with Crippen molar-refractivity contribution >= 4 is 5.91 Å². The third-order valence-electron chi connectivity index (χ3n) is 13.4. The standard InChI is InChI=1S/C56H111NO4/c1-3-5-7-9-11-13-15-17-19-20-21-22-23-24-25-26-27-28-29-30-31-32-33-34-35-37-39-41-43-45-47-49-51-55(60)57-53(52-58)56(61)54(59)50-48-46-44-42-40-38-36-18-16-14-12-10-8-6-4-2/h42,44,53-54,56,58-59,61H,3-41,43,45-52H2,1-2H3,(H,57,60)/b44-42+. The second-order valence-electron chi connectivity index (χ2n) is 19.5. The lowest BCUT2D eigenvalue weighted by atomic mass is 10.0. The van der Waals surface area contributed by atoms with Crippen molar-refractivity contribution in [1.29, 1.82) is 0 Å². The van der Waals surface area contributed by atoms with Gasteiger partial charge in [0.1, 0.15) is 6.10 Å². The van der Waals surface area contributed by atoms with Crippen LogP contribution in [0.15, 0.2) is 12.2 Å². The van der Waals surface area contributed by atoms with Crippen molar-refractivity contribution in [2.24, 2.45) is 0 Å². The van der Waals surface area contributed by atoms with Crippen LogP contribution in [0.3, 0.4) is 0 Å². The van der Waals surface area contributed by atoms with E-state index in [9.17, 15) is 20.1 Å². The highest BCUT2D eigenvalue weighted by Crippen LogP contribution is 2.18. The number of unbranched alkanes of at least 4 members (excludes halogenated alkanes) is 42. The summed E-state index contributed by atoms with van der Waals surface area (Å²) in [6, 6.07) is -0.822. The molecule has 0 spiro atoms. The Kier molecular flexibility index (Phi) is 51.0. The summed E-state index contributed by atoms with van der Waals surface area (Å²) >= 11 is 0. The monoisotopic (exact) mass is 862 g/mol. The van der Waals surface area contributed by atoms with E-state index in [1.807, 2.05) is 0 Å². The predicted octanol–water partition coefficient (Wildman–Crippen LogP) is 17.1. The number of carbonyl (C=O) groups excluding carboxylic acids is 1. The molecule has 0 aliphatic rings. The largest absolute Gasteiger partial charge is 0.394 e. The molecule has 4 N–H and O–H groups in total. The average molecular weight is 863 g/mol. The van der Waals surface area contributed by atoms with Crippen LogP contribution in [0.1, 0.15) is 316 Å². The van der Waals surface area contributed by atoms with Crippen molar-refractivity contribution in [3.05, 3.63) is 12.2 Å². The number of rotatable bonds is 52. The van der Waals surface area contributed by atoms with Crippen LogP contribution in [0.5, 0.6) is 0 Å². The van der Waals surface area contributed by atoms with E-state index >= 15 is 0 Å². The Bertz CT molecular complexity index is 864. The Balaban J connectivity index is 3.47. The van der Waals surface area contributed by atoms with Gasteiger partial charge in [0.05, 0.1) is 18.8 Å². The second kappa shape index (κ2) is 51.7. The molecule has 0 fully saturated rings. The summed E-state index contributed by atoms with van der Waals surface area (Å²) in [5, 5.41) is 33.6. The highest BCUT2D eigenvalue weighted by molar-refractivity contribution is 5.76. The first-order valence-electron chi connectivity index (χ1n) is 28.0. The van der Waals surface area contributed by atoms with Gasteiger partial charge in [-0.15, -0.1) is 0 Å². The molecule has 0 bridgehead atoms. The third-order valence-corrected chi connectivity index (χ3v) is 13.4. The molecule has 0 aromatic rings. The Hall–Kier alpha value is -0.910. The number of allylic oxidation sites excluding steroid dienone is 2. The van der Waals surface area contributed by atoms with Gasteiger partial charge in [-0.2, -0.15) is 0 Å². The molecule has 0 aliphatic heterocycles. The number of carbonyl (C=O) groups is 1. The van der Waals surface area contributed by atoms with Gasteiger partial charge in [0.25, 0.3) is 0 Å². The number of aliphatic hydroxyl groups excluding tert-OH is 3. The molecule has 3 unspecified atom stereocenters. The maximum absolute atomic E-state index is 12.5. The number of hydrogen-bond acceptors (Lipinski definition) is 4. The Morgan fingerprint density at radius 1 is 0.393 bits per heavy atom. The zero-order chi connectivity index (χ0) is 44.4. The van der Waals surface area contributed by atoms with Crippen LogP contribution in [0.25, 0.3) is 0 Å². The van der Waals surface area contributed by atoms with E-state index in [1.165, 1.54) is 250 Å². The summed E-state index contributed by atoms with van der Waals surface area (Å²) in [6.45, 7) is 4.20. The average Bonchev–Trinajstić information content (AvgIpc) is 3.26. The summed E-state index contributed by atoms with van der Waals surface area (Å²) in [5.74, 6) is -0.147. The van der Waals surface area contributed by atoms with E-state index < -0.39 is 18.2 Å². The van der Waals surface area contributed by atoms with Crippen LogP contribution in [0, 0.1) is 0 Å². The third kappa shape index (κ3) is 46.9. The van der Waals surface area contributed by atoms with Crippen LogP contribution in [-0.2, 0) is 4.79 Å². The van der Waals surface area contributed by atoms with Gasteiger partial charge in [0.2, 0.25) is 5.91 Å². The molecule has 0 rings (SSSR count). The first-order valence-corrected chi connectivity index (χ1v) is 28.0. The first kappa shape index (κ1) is 60.1. The molecule has 0 saturated carbocycles. The van der Waals surface area contributed by atoms with Gasteiger partial charge in [-0.3, -0.25) is 4.79 Å². The van der Waals surface area contributed by atoms with Crippen LogP contribution >= 0.6 is 0 Å². The van der Waals surface area contributed by atoms with Gasteiger partial charge < -0.3 is 20.6 Å². The summed E-state index contributed by atoms with van der Waals surface area (Å²) < 4.78 is 0. The fourth-order valence-electron chi connectivity index (χ4n) is 9.05. The van der Waals surface area contributed by atoms with Crippen LogP contribution in [0.4, 0.5) is 0 Å². The van der Waals surface area contributed by atoms with Gasteiger partial charge in [0.15, 0.2) is 0 Å². The van der Waals surface area contributed by atoms with E-state index in [0.717, 1.165) is 38.5 Å². The molecule has 0 aromatic heterocycles. The molecule has 3 atom stereocenters. The van der Waals surface area contributed by atoms with Gasteiger partial charge in [-0.1, -0.05) is 283 Å². The van der Waals surface area contributed by atoms with Crippen molar-refractivity contribution in [2.45, 2.75) is 334 Å². The molecule has 61 heavy (non-hydrogen) atoms. The summed E-state index contributed by atoms with van der Waals surface area (Å²) in [4.78, 5) is 12.5. The maximum atomic E-state index is 12.5. The lowest BCUT2D eigenvalue weighted by Gasteiger charge is -2.26. The van der Waals surface area contributed by atoms with Gasteiger partial charge >= 0.3 is 0 Å². The molecular weight excluding hydrogens is 751 g/mol. The van der Waals surface area contributed by atoms with Gasteiger partial charge in [-0.25, -0.2) is 0 Å². The minimum Gasteiger partial charge on any atom is -0.394 e. The highest BCUT2D eigenvalue weighted by atomic mass is 16.3. The molecular formula is C56H111NO4. The van der Waals surface area contributed by atoms with Gasteiger partial charge in [-0.05, 0) is 38.5 Å². The van der Waals surface area contributed by atoms with Crippen LogP contribution in [0.2, 0.25) is 0 Å². The van der Waals surface area contributed by atoms with E-state index in [1.54, 1.807) is 0 Å². The number of aliphatic hydroxyl groups is 3. The summed E-state index contributed by atoms with van der Waals surface area (Å²) in [7, 11) is 0. The summed E-state index contributed by atoms with van der Waals surface area (Å²) in [5.41, 5.74) is 0. The molecule has 0 radical (unpaired) electrons. The first-order chi connectivity index (χ1) is 30.1. The number of amides is 1. The summed E-state index contributed by atoms with van der Waals surface area (Å²) in [6.07, 6.45) is 63.8. The second-order valence-corrected chi connectivity index (χ2v) is 19.5. The molecule has 5 heteroatoms.